The van der Waals surface area contributed by atoms with Gasteiger partial charge in [0, 0.05) is 12.8 Å². The molecule has 1 aliphatic heterocycles. The zero-order chi connectivity index (χ0) is 9.47. The minimum absolute atomic E-state index is 0.139. The topological polar surface area (TPSA) is 51.2 Å². The first kappa shape index (κ1) is 9.19. The fourth-order valence-electron chi connectivity index (χ4n) is 2.51. The second-order valence-electron chi connectivity index (χ2n) is 4.22. The summed E-state index contributed by atoms with van der Waals surface area (Å²) in [5.74, 6) is 1.34. The molecule has 1 saturated heterocycles. The second kappa shape index (κ2) is 3.08. The minimum Gasteiger partial charge on any atom is -0.300 e. The first-order valence-electron chi connectivity index (χ1n) is 4.79. The fraction of sp³-hybridized carbons (Fsp3) is 0.889. The van der Waals surface area contributed by atoms with Crippen LogP contribution in [0.15, 0.2) is 0 Å². The highest BCUT2D eigenvalue weighted by atomic mass is 32.2. The van der Waals surface area contributed by atoms with Gasteiger partial charge < -0.3 is 0 Å². The summed E-state index contributed by atoms with van der Waals surface area (Å²) in [4.78, 5) is 11.1. The monoisotopic (exact) mass is 202 g/mol. The van der Waals surface area contributed by atoms with Crippen molar-refractivity contribution >= 4 is 15.6 Å². The van der Waals surface area contributed by atoms with Crippen LogP contribution < -0.4 is 0 Å². The Balaban J connectivity index is 2.18. The van der Waals surface area contributed by atoms with Gasteiger partial charge in [0.2, 0.25) is 0 Å². The average Bonchev–Trinajstić information content (AvgIpc) is 2.23. The minimum atomic E-state index is -2.85. The summed E-state index contributed by atoms with van der Waals surface area (Å²) >= 11 is 0. The van der Waals surface area contributed by atoms with E-state index in [1.165, 1.54) is 0 Å². The molecule has 4 heteroatoms. The summed E-state index contributed by atoms with van der Waals surface area (Å²) in [6.07, 6.45) is 2.80. The lowest BCUT2D eigenvalue weighted by Crippen LogP contribution is -2.17. The standard InChI is InChI=1S/C9H14O3S/c10-9-4-7-2-1-3-13(11,12)6-8(7)5-9/h7-8H,1-6H2/t7-,8+/m1/s1. The van der Waals surface area contributed by atoms with Gasteiger partial charge in [-0.25, -0.2) is 8.42 Å². The number of rotatable bonds is 0. The Bertz CT molecular complexity index is 318. The van der Waals surface area contributed by atoms with Gasteiger partial charge in [-0.15, -0.1) is 0 Å². The van der Waals surface area contributed by atoms with Crippen molar-refractivity contribution in [1.82, 2.24) is 0 Å². The van der Waals surface area contributed by atoms with E-state index in [0.717, 1.165) is 12.8 Å². The van der Waals surface area contributed by atoms with E-state index in [-0.39, 0.29) is 17.5 Å². The molecule has 0 spiro atoms. The lowest BCUT2D eigenvalue weighted by Gasteiger charge is -2.12. The van der Waals surface area contributed by atoms with Gasteiger partial charge in [-0.05, 0) is 24.7 Å². The Labute approximate surface area is 78.4 Å². The highest BCUT2D eigenvalue weighted by Crippen LogP contribution is 2.36. The second-order valence-corrected chi connectivity index (χ2v) is 6.45. The van der Waals surface area contributed by atoms with Crippen LogP contribution in [0.3, 0.4) is 0 Å². The molecule has 0 unspecified atom stereocenters. The largest absolute Gasteiger partial charge is 0.300 e. The van der Waals surface area contributed by atoms with Crippen LogP contribution in [0.25, 0.3) is 0 Å². The predicted molar refractivity (Wildman–Crippen MR) is 49.1 cm³/mol. The molecule has 1 saturated carbocycles. The quantitative estimate of drug-likeness (QED) is 0.583. The fourth-order valence-corrected chi connectivity index (χ4v) is 4.32. The number of hydrogen-bond acceptors (Lipinski definition) is 3. The van der Waals surface area contributed by atoms with Crippen LogP contribution in [-0.4, -0.2) is 25.7 Å². The van der Waals surface area contributed by atoms with Crippen LogP contribution in [0.4, 0.5) is 0 Å². The van der Waals surface area contributed by atoms with E-state index in [9.17, 15) is 13.2 Å². The van der Waals surface area contributed by atoms with E-state index < -0.39 is 9.84 Å². The van der Waals surface area contributed by atoms with Crippen molar-refractivity contribution in [3.05, 3.63) is 0 Å². The zero-order valence-electron chi connectivity index (χ0n) is 7.53. The Morgan fingerprint density at radius 1 is 1.15 bits per heavy atom. The average molecular weight is 202 g/mol. The third-order valence-corrected chi connectivity index (χ3v) is 4.99. The molecule has 3 nitrogen and oxygen atoms in total. The maximum Gasteiger partial charge on any atom is 0.150 e. The van der Waals surface area contributed by atoms with Gasteiger partial charge in [0.05, 0.1) is 11.5 Å². The molecule has 0 aromatic carbocycles. The van der Waals surface area contributed by atoms with Crippen molar-refractivity contribution < 1.29 is 13.2 Å². The van der Waals surface area contributed by atoms with E-state index in [4.69, 9.17) is 0 Å². The third kappa shape index (κ3) is 1.93. The molecule has 1 aliphatic carbocycles. The molecule has 2 rings (SSSR count). The van der Waals surface area contributed by atoms with Gasteiger partial charge in [0.15, 0.2) is 9.84 Å². The maximum atomic E-state index is 11.4. The smallest absolute Gasteiger partial charge is 0.150 e. The lowest BCUT2D eigenvalue weighted by molar-refractivity contribution is -0.117. The molecule has 13 heavy (non-hydrogen) atoms. The Morgan fingerprint density at radius 3 is 2.62 bits per heavy atom. The zero-order valence-corrected chi connectivity index (χ0v) is 8.35. The van der Waals surface area contributed by atoms with E-state index in [1.807, 2.05) is 0 Å². The van der Waals surface area contributed by atoms with Gasteiger partial charge in [0.25, 0.3) is 0 Å². The maximum absolute atomic E-state index is 11.4. The number of hydrogen-bond donors (Lipinski definition) is 0. The highest BCUT2D eigenvalue weighted by Gasteiger charge is 2.37. The van der Waals surface area contributed by atoms with Crippen molar-refractivity contribution in [2.45, 2.75) is 25.7 Å². The molecule has 0 bridgehead atoms. The van der Waals surface area contributed by atoms with Crippen molar-refractivity contribution in [1.29, 1.82) is 0 Å². The molecule has 1 heterocycles. The lowest BCUT2D eigenvalue weighted by atomic mass is 9.94. The Hall–Kier alpha value is -0.380. The van der Waals surface area contributed by atoms with Crippen LogP contribution in [0.5, 0.6) is 0 Å². The van der Waals surface area contributed by atoms with Crippen LogP contribution in [0, 0.1) is 11.8 Å². The number of carbonyl (C=O) groups is 1. The molecule has 0 radical (unpaired) electrons. The summed E-state index contributed by atoms with van der Waals surface area (Å²) in [5.41, 5.74) is 0. The highest BCUT2D eigenvalue weighted by molar-refractivity contribution is 7.91. The number of fused-ring (bicyclic) bond motifs is 1. The van der Waals surface area contributed by atoms with Crippen LogP contribution in [-0.2, 0) is 14.6 Å². The summed E-state index contributed by atoms with van der Waals surface area (Å²) in [5, 5.41) is 0. The van der Waals surface area contributed by atoms with Crippen LogP contribution in [0.2, 0.25) is 0 Å². The summed E-state index contributed by atoms with van der Waals surface area (Å²) in [6.45, 7) is 0. The van der Waals surface area contributed by atoms with Gasteiger partial charge in [0.1, 0.15) is 5.78 Å². The number of carbonyl (C=O) groups excluding carboxylic acids is 1. The SMILES string of the molecule is O=C1C[C@H]2CCCS(=O)(=O)C[C@@H]2C1. The van der Waals surface area contributed by atoms with Crippen molar-refractivity contribution in [3.8, 4) is 0 Å². The van der Waals surface area contributed by atoms with Crippen LogP contribution in [0.1, 0.15) is 25.7 Å². The molecule has 0 aromatic rings. The molecule has 2 aliphatic rings. The van der Waals surface area contributed by atoms with Crippen molar-refractivity contribution in [2.75, 3.05) is 11.5 Å². The van der Waals surface area contributed by atoms with Gasteiger partial charge in [-0.3, -0.25) is 4.79 Å². The molecule has 0 N–H and O–H groups in total. The Morgan fingerprint density at radius 2 is 1.85 bits per heavy atom. The molecular formula is C9H14O3S. The molecule has 0 aromatic heterocycles. The molecule has 0 amide bonds. The summed E-state index contributed by atoms with van der Waals surface area (Å²) in [6, 6.07) is 0. The van der Waals surface area contributed by atoms with E-state index in [0.29, 0.717) is 24.5 Å². The molecule has 2 fully saturated rings. The van der Waals surface area contributed by atoms with Gasteiger partial charge >= 0.3 is 0 Å². The first-order chi connectivity index (χ1) is 6.07. The molecular weight excluding hydrogens is 188 g/mol. The first-order valence-corrected chi connectivity index (χ1v) is 6.61. The number of Topliss-reactive ketones (excluding diaryl/α,β-unsaturated/α-hetero) is 1. The van der Waals surface area contributed by atoms with Gasteiger partial charge in [-0.2, -0.15) is 0 Å². The summed E-state index contributed by atoms with van der Waals surface area (Å²) < 4.78 is 22.8. The Kier molecular flexibility index (Phi) is 2.18. The predicted octanol–water partition coefficient (Wildman–Crippen LogP) is 0.790. The third-order valence-electron chi connectivity index (χ3n) is 3.14. The van der Waals surface area contributed by atoms with E-state index in [1.54, 1.807) is 0 Å². The van der Waals surface area contributed by atoms with Crippen LogP contribution >= 0.6 is 0 Å². The van der Waals surface area contributed by atoms with Crippen molar-refractivity contribution in [2.24, 2.45) is 11.8 Å². The normalized spacial score (nSPS) is 38.3. The van der Waals surface area contributed by atoms with Gasteiger partial charge in [-0.1, -0.05) is 0 Å². The van der Waals surface area contributed by atoms with Crippen molar-refractivity contribution in [3.63, 3.8) is 0 Å². The van der Waals surface area contributed by atoms with E-state index in [2.05, 4.69) is 0 Å². The summed E-state index contributed by atoms with van der Waals surface area (Å²) in [7, 11) is -2.85. The number of sulfone groups is 1. The van der Waals surface area contributed by atoms with E-state index >= 15 is 0 Å². The molecule has 2 atom stereocenters. The molecule has 74 valence electrons. The number of ketones is 1.